The summed E-state index contributed by atoms with van der Waals surface area (Å²) in [6, 6.07) is 54.8. The van der Waals surface area contributed by atoms with Gasteiger partial charge in [-0.2, -0.15) is 0 Å². The van der Waals surface area contributed by atoms with E-state index in [0.29, 0.717) is 0 Å². The topological polar surface area (TPSA) is 29.9 Å². The molecular formula is C60H49BN3S2. The lowest BCUT2D eigenvalue weighted by Crippen LogP contribution is -2.37. The Labute approximate surface area is 395 Å². The maximum absolute atomic E-state index is 5.29. The number of fused-ring (bicyclic) bond motifs is 13. The highest BCUT2D eigenvalue weighted by molar-refractivity contribution is 7.27. The van der Waals surface area contributed by atoms with E-state index in [1.54, 1.807) is 11.3 Å². The minimum Gasteiger partial charge on any atom is -0.355 e. The number of thiophene rings is 1. The second kappa shape index (κ2) is 13.8. The van der Waals surface area contributed by atoms with Crippen LogP contribution in [0.1, 0.15) is 77.6 Å². The van der Waals surface area contributed by atoms with Crippen molar-refractivity contribution in [1.82, 2.24) is 9.55 Å². The van der Waals surface area contributed by atoms with Crippen molar-refractivity contribution in [1.29, 1.82) is 0 Å². The van der Waals surface area contributed by atoms with Crippen molar-refractivity contribution in [2.45, 2.75) is 71.6 Å². The first-order valence-corrected chi connectivity index (χ1v) is 24.8. The van der Waals surface area contributed by atoms with Gasteiger partial charge in [0.15, 0.2) is 7.28 Å². The highest BCUT2D eigenvalue weighted by atomic mass is 32.1. The molecule has 0 atom stereocenters. The molecule has 3 aromatic heterocycles. The summed E-state index contributed by atoms with van der Waals surface area (Å²) in [5.41, 5.74) is 20.9. The Morgan fingerprint density at radius 3 is 2.12 bits per heavy atom. The lowest BCUT2D eigenvalue weighted by Gasteiger charge is -2.27. The number of rotatable bonds is 4. The van der Waals surface area contributed by atoms with E-state index in [-0.39, 0.29) is 16.2 Å². The monoisotopic (exact) mass is 886 g/mol. The molecule has 0 saturated heterocycles. The number of nitrogens with zero attached hydrogens (tertiary/aromatic N) is 2. The summed E-state index contributed by atoms with van der Waals surface area (Å²) in [7, 11) is 2.50. The van der Waals surface area contributed by atoms with Gasteiger partial charge in [-0.25, -0.2) is 4.98 Å². The predicted molar refractivity (Wildman–Crippen MR) is 287 cm³/mol. The molecule has 4 heterocycles. The van der Waals surface area contributed by atoms with Crippen LogP contribution in [0.3, 0.4) is 0 Å². The molecule has 0 saturated carbocycles. The van der Waals surface area contributed by atoms with Gasteiger partial charge < -0.3 is 9.88 Å². The van der Waals surface area contributed by atoms with E-state index >= 15 is 0 Å². The molecule has 1 N–H and O–H groups in total. The molecule has 2 aliphatic rings. The van der Waals surface area contributed by atoms with E-state index < -0.39 is 0 Å². The van der Waals surface area contributed by atoms with Crippen LogP contribution in [0, 0.1) is 0 Å². The number of anilines is 2. The molecule has 13 rings (SSSR count). The van der Waals surface area contributed by atoms with Gasteiger partial charge in [-0.15, -0.1) is 22.7 Å². The van der Waals surface area contributed by atoms with Gasteiger partial charge in [0.1, 0.15) is 5.01 Å². The molecule has 0 amide bonds. The van der Waals surface area contributed by atoms with Gasteiger partial charge in [0.05, 0.1) is 21.3 Å². The standard InChI is InChI=1S/C60H49BN3S2/c1-58(2,3)34-22-25-36(26-23-34)62-45-30-43-39(37-18-12-14-20-42(37)60(43,7)8)29-40(45)51-52-38-19-13-15-21-49(38)65-56(52)53-41-28-35(59(4,5)6)24-27-47(41)64-48-32-50-46(31-44(48)61-54(51)55(53)64)63-57(66-50)33-16-10-9-11-17-33/h9-32,62H,1-8H3. The number of hydrogen-bond donors (Lipinski definition) is 1. The van der Waals surface area contributed by atoms with E-state index in [2.05, 4.69) is 218 Å². The second-order valence-corrected chi connectivity index (χ2v) is 23.2. The van der Waals surface area contributed by atoms with Crippen LogP contribution < -0.4 is 16.2 Å². The zero-order valence-corrected chi connectivity index (χ0v) is 40.3. The highest BCUT2D eigenvalue weighted by Gasteiger charge is 2.38. The van der Waals surface area contributed by atoms with E-state index in [4.69, 9.17) is 4.98 Å². The first-order valence-electron chi connectivity index (χ1n) is 23.2. The molecule has 0 fully saturated rings. The minimum absolute atomic E-state index is 0.0162. The zero-order valence-electron chi connectivity index (χ0n) is 38.6. The molecule has 0 bridgehead atoms. The van der Waals surface area contributed by atoms with Crippen molar-refractivity contribution in [2.24, 2.45) is 0 Å². The predicted octanol–water partition coefficient (Wildman–Crippen LogP) is 15.7. The van der Waals surface area contributed by atoms with E-state index in [1.165, 1.54) is 108 Å². The summed E-state index contributed by atoms with van der Waals surface area (Å²) in [5, 5.41) is 10.4. The average Bonchev–Trinajstić information content (AvgIpc) is 4.05. The molecular weight excluding hydrogens is 838 g/mol. The molecule has 8 aromatic carbocycles. The summed E-state index contributed by atoms with van der Waals surface area (Å²) >= 11 is 3.72. The zero-order chi connectivity index (χ0) is 45.0. The molecule has 6 heteroatoms. The first kappa shape index (κ1) is 39.9. The van der Waals surface area contributed by atoms with Crippen LogP contribution in [0.2, 0.25) is 0 Å². The van der Waals surface area contributed by atoms with Crippen molar-refractivity contribution in [3.63, 3.8) is 0 Å². The van der Waals surface area contributed by atoms with E-state index in [9.17, 15) is 0 Å². The van der Waals surface area contributed by atoms with Crippen LogP contribution in [0.15, 0.2) is 146 Å². The van der Waals surface area contributed by atoms with Crippen LogP contribution in [0.5, 0.6) is 0 Å². The normalized spacial score (nSPS) is 14.0. The third kappa shape index (κ3) is 5.77. The van der Waals surface area contributed by atoms with Gasteiger partial charge in [0.25, 0.3) is 0 Å². The van der Waals surface area contributed by atoms with Gasteiger partial charge in [0, 0.05) is 64.5 Å². The summed E-state index contributed by atoms with van der Waals surface area (Å²) in [6.45, 7) is 18.6. The van der Waals surface area contributed by atoms with Gasteiger partial charge in [-0.05, 0) is 110 Å². The average molecular weight is 887 g/mol. The molecule has 0 spiro atoms. The fourth-order valence-corrected chi connectivity index (χ4v) is 13.3. The van der Waals surface area contributed by atoms with Crippen molar-refractivity contribution in [2.75, 3.05) is 5.32 Å². The van der Waals surface area contributed by atoms with E-state index in [0.717, 1.165) is 27.5 Å². The van der Waals surface area contributed by atoms with Crippen LogP contribution in [-0.4, -0.2) is 16.8 Å². The van der Waals surface area contributed by atoms with E-state index in [1.807, 2.05) is 11.3 Å². The van der Waals surface area contributed by atoms with Crippen molar-refractivity contribution >= 4 is 104 Å². The second-order valence-electron chi connectivity index (χ2n) is 21.1. The molecule has 66 heavy (non-hydrogen) atoms. The summed E-state index contributed by atoms with van der Waals surface area (Å²) in [5.74, 6) is 0. The maximum atomic E-state index is 5.29. The van der Waals surface area contributed by atoms with Crippen LogP contribution in [-0.2, 0) is 16.2 Å². The summed E-state index contributed by atoms with van der Waals surface area (Å²) < 4.78 is 6.43. The Kier molecular flexibility index (Phi) is 8.33. The molecule has 11 aromatic rings. The minimum atomic E-state index is -0.167. The van der Waals surface area contributed by atoms with Crippen molar-refractivity contribution < 1.29 is 0 Å². The Hall–Kier alpha value is -6.47. The Balaban J connectivity index is 1.17. The van der Waals surface area contributed by atoms with Crippen LogP contribution in [0.25, 0.3) is 90.7 Å². The fourth-order valence-electron chi connectivity index (χ4n) is 11.1. The fraction of sp³-hybridized carbons (Fsp3) is 0.183. The number of thiazole rings is 1. The molecule has 319 valence electrons. The molecule has 3 nitrogen and oxygen atoms in total. The first-order chi connectivity index (χ1) is 31.7. The largest absolute Gasteiger partial charge is 0.355 e. The number of hydrogen-bond acceptors (Lipinski definition) is 4. The van der Waals surface area contributed by atoms with Crippen LogP contribution >= 0.6 is 22.7 Å². The lowest BCUT2D eigenvalue weighted by atomic mass is 9.58. The third-order valence-corrected chi connectivity index (χ3v) is 16.8. The molecule has 1 aliphatic heterocycles. The lowest BCUT2D eigenvalue weighted by molar-refractivity contribution is 0.590. The smallest absolute Gasteiger partial charge is 0.198 e. The van der Waals surface area contributed by atoms with Crippen molar-refractivity contribution in [3.05, 3.63) is 168 Å². The Morgan fingerprint density at radius 2 is 1.33 bits per heavy atom. The molecule has 1 radical (unpaired) electrons. The number of benzene rings is 8. The number of nitrogens with one attached hydrogen (secondary N) is 1. The highest BCUT2D eigenvalue weighted by Crippen LogP contribution is 2.54. The number of aromatic nitrogens is 2. The summed E-state index contributed by atoms with van der Waals surface area (Å²) in [6.07, 6.45) is 0. The van der Waals surface area contributed by atoms with Crippen LogP contribution in [0.4, 0.5) is 11.4 Å². The van der Waals surface area contributed by atoms with Gasteiger partial charge >= 0.3 is 0 Å². The van der Waals surface area contributed by atoms with Crippen molar-refractivity contribution in [3.8, 4) is 38.5 Å². The van der Waals surface area contributed by atoms with Gasteiger partial charge in [0.2, 0.25) is 0 Å². The Morgan fingerprint density at radius 1 is 0.606 bits per heavy atom. The van der Waals surface area contributed by atoms with Gasteiger partial charge in [-0.1, -0.05) is 152 Å². The van der Waals surface area contributed by atoms with Gasteiger partial charge in [-0.3, -0.25) is 0 Å². The molecule has 0 unspecified atom stereocenters. The quantitative estimate of drug-likeness (QED) is 0.178. The SMILES string of the molecule is CC(C)(C)c1ccc(Nc2cc3c(cc2-c2c4c5c(c6cc(C(C)(C)C)ccc6n5-c5cc6sc(-c7ccccc7)nc6cc5[B]4)c4sc5ccccc5c24)-c2ccccc2C3(C)C)cc1. The third-order valence-electron chi connectivity index (χ3n) is 14.5. The summed E-state index contributed by atoms with van der Waals surface area (Å²) in [4.78, 5) is 5.29. The Bertz CT molecular complexity index is 3850. The molecule has 1 aliphatic carbocycles. The maximum Gasteiger partial charge on any atom is 0.198 e.